The van der Waals surface area contributed by atoms with Gasteiger partial charge in [-0.2, -0.15) is 4.31 Å². The lowest BCUT2D eigenvalue weighted by molar-refractivity contribution is -0.126. The summed E-state index contributed by atoms with van der Waals surface area (Å²) in [4.78, 5) is 12.6. The summed E-state index contributed by atoms with van der Waals surface area (Å²) >= 11 is 1.21. The minimum absolute atomic E-state index is 0.0539. The van der Waals surface area contributed by atoms with Crippen molar-refractivity contribution in [1.82, 2.24) is 9.62 Å². The van der Waals surface area contributed by atoms with Crippen molar-refractivity contribution in [3.63, 3.8) is 0 Å². The van der Waals surface area contributed by atoms with Crippen molar-refractivity contribution in [2.45, 2.75) is 49.8 Å². The van der Waals surface area contributed by atoms with Crippen molar-refractivity contribution < 1.29 is 17.9 Å². The summed E-state index contributed by atoms with van der Waals surface area (Å²) < 4.78 is 32.9. The molecule has 1 aliphatic heterocycles. The zero-order chi connectivity index (χ0) is 21.6. The molecule has 164 valence electrons. The fraction of sp³-hybridized carbons (Fsp3) is 0.500. The van der Waals surface area contributed by atoms with Crippen LogP contribution >= 0.6 is 11.3 Å². The van der Waals surface area contributed by atoms with E-state index in [1.165, 1.54) is 21.2 Å². The van der Waals surface area contributed by atoms with E-state index in [-0.39, 0.29) is 24.5 Å². The number of nitrogens with one attached hydrogen (secondary N) is 1. The number of ether oxygens (including phenoxy) is 1. The van der Waals surface area contributed by atoms with Gasteiger partial charge in [-0.1, -0.05) is 18.2 Å². The average molecular weight is 451 g/mol. The molecule has 1 amide bonds. The van der Waals surface area contributed by atoms with Gasteiger partial charge >= 0.3 is 0 Å². The first-order valence-electron chi connectivity index (χ1n) is 10.4. The number of piperidine rings is 1. The molecule has 8 heteroatoms. The molecule has 0 bridgehead atoms. The average Bonchev–Trinajstić information content (AvgIpc) is 3.28. The summed E-state index contributed by atoms with van der Waals surface area (Å²) in [5.41, 5.74) is 1.20. The van der Waals surface area contributed by atoms with E-state index in [0.717, 1.165) is 25.0 Å². The number of nitrogens with zero attached hydrogens (tertiary/aromatic N) is 1. The van der Waals surface area contributed by atoms with Crippen LogP contribution in [-0.4, -0.2) is 44.4 Å². The molecular weight excluding hydrogens is 420 g/mol. The molecule has 30 heavy (non-hydrogen) atoms. The normalized spacial score (nSPS) is 17.8. The predicted molar refractivity (Wildman–Crippen MR) is 119 cm³/mol. The zero-order valence-corrected chi connectivity index (χ0v) is 19.2. The van der Waals surface area contributed by atoms with Gasteiger partial charge in [0.1, 0.15) is 9.96 Å². The number of carbonyl (C=O) groups excluding carboxylic acids is 1. The largest absolute Gasteiger partial charge is 0.491 e. The van der Waals surface area contributed by atoms with Crippen LogP contribution in [0.4, 0.5) is 0 Å². The van der Waals surface area contributed by atoms with Crippen molar-refractivity contribution in [2.75, 3.05) is 19.6 Å². The van der Waals surface area contributed by atoms with Gasteiger partial charge < -0.3 is 10.1 Å². The summed E-state index contributed by atoms with van der Waals surface area (Å²) in [7, 11) is -3.50. The molecule has 1 fully saturated rings. The van der Waals surface area contributed by atoms with Crippen LogP contribution in [0.15, 0.2) is 46.0 Å². The molecule has 0 spiro atoms. The monoisotopic (exact) mass is 450 g/mol. The van der Waals surface area contributed by atoms with Crippen LogP contribution in [0.2, 0.25) is 0 Å². The molecule has 1 aliphatic rings. The number of hydrogen-bond donors (Lipinski definition) is 1. The lowest BCUT2D eigenvalue weighted by Gasteiger charge is -2.30. The van der Waals surface area contributed by atoms with Gasteiger partial charge in [0, 0.05) is 19.6 Å². The minimum atomic E-state index is -3.50. The van der Waals surface area contributed by atoms with Crippen LogP contribution in [0.1, 0.15) is 38.7 Å². The summed E-state index contributed by atoms with van der Waals surface area (Å²) in [6, 6.07) is 11.4. The van der Waals surface area contributed by atoms with Gasteiger partial charge in [-0.15, -0.1) is 11.3 Å². The van der Waals surface area contributed by atoms with Crippen LogP contribution in [-0.2, 0) is 21.2 Å². The van der Waals surface area contributed by atoms with Crippen LogP contribution < -0.4 is 10.1 Å². The Morgan fingerprint density at radius 3 is 2.70 bits per heavy atom. The van der Waals surface area contributed by atoms with E-state index < -0.39 is 10.0 Å². The SMILES string of the molecule is CC(C)Oc1ccc(CCCNC(=O)[C@@H]2CCCN(S(=O)(=O)c3cccs3)C2)cc1. The van der Waals surface area contributed by atoms with Crippen LogP contribution in [0.3, 0.4) is 0 Å². The van der Waals surface area contributed by atoms with E-state index in [1.807, 2.05) is 38.1 Å². The Labute approximate surface area is 183 Å². The highest BCUT2D eigenvalue weighted by molar-refractivity contribution is 7.91. The van der Waals surface area contributed by atoms with Gasteiger partial charge in [0.15, 0.2) is 0 Å². The Balaban J connectivity index is 1.43. The Morgan fingerprint density at radius 1 is 1.27 bits per heavy atom. The van der Waals surface area contributed by atoms with Gasteiger partial charge in [-0.25, -0.2) is 8.42 Å². The van der Waals surface area contributed by atoms with Gasteiger partial charge in [-0.3, -0.25) is 4.79 Å². The lowest BCUT2D eigenvalue weighted by atomic mass is 9.99. The number of amides is 1. The van der Waals surface area contributed by atoms with E-state index in [4.69, 9.17) is 4.74 Å². The van der Waals surface area contributed by atoms with Gasteiger partial charge in [0.05, 0.1) is 12.0 Å². The Morgan fingerprint density at radius 2 is 2.03 bits per heavy atom. The molecule has 0 radical (unpaired) electrons. The summed E-state index contributed by atoms with van der Waals surface area (Å²) in [6.07, 6.45) is 3.28. The number of carbonyl (C=O) groups is 1. The predicted octanol–water partition coefficient (Wildman–Crippen LogP) is 3.69. The number of aryl methyl sites for hydroxylation is 1. The molecule has 0 unspecified atom stereocenters. The van der Waals surface area contributed by atoms with Gasteiger partial charge in [0.25, 0.3) is 10.0 Å². The van der Waals surface area contributed by atoms with Gasteiger partial charge in [0.2, 0.25) is 5.91 Å². The maximum atomic E-state index is 12.7. The molecule has 0 aliphatic carbocycles. The fourth-order valence-corrected chi connectivity index (χ4v) is 6.24. The molecule has 0 saturated carbocycles. The molecule has 1 atom stereocenters. The topological polar surface area (TPSA) is 75.7 Å². The summed E-state index contributed by atoms with van der Waals surface area (Å²) in [5.74, 6) is 0.518. The first kappa shape index (κ1) is 22.8. The van der Waals surface area contributed by atoms with E-state index in [2.05, 4.69) is 5.32 Å². The highest BCUT2D eigenvalue weighted by Crippen LogP contribution is 2.26. The number of benzene rings is 1. The van der Waals surface area contributed by atoms with E-state index in [9.17, 15) is 13.2 Å². The van der Waals surface area contributed by atoms with Gasteiger partial charge in [-0.05, 0) is 68.7 Å². The second-order valence-electron chi connectivity index (χ2n) is 7.84. The Bertz CT molecular complexity index is 909. The van der Waals surface area contributed by atoms with E-state index in [1.54, 1.807) is 17.5 Å². The molecule has 1 aromatic carbocycles. The van der Waals surface area contributed by atoms with Crippen molar-refractivity contribution >= 4 is 27.3 Å². The molecule has 1 saturated heterocycles. The highest BCUT2D eigenvalue weighted by Gasteiger charge is 2.33. The number of sulfonamides is 1. The van der Waals surface area contributed by atoms with Crippen molar-refractivity contribution in [1.29, 1.82) is 0 Å². The second-order valence-corrected chi connectivity index (χ2v) is 11.0. The maximum Gasteiger partial charge on any atom is 0.252 e. The Kier molecular flexibility index (Phi) is 7.91. The summed E-state index contributed by atoms with van der Waals surface area (Å²) in [5, 5.41) is 4.74. The third kappa shape index (κ3) is 6.06. The van der Waals surface area contributed by atoms with Crippen molar-refractivity contribution in [3.8, 4) is 5.75 Å². The standard InChI is InChI=1S/C22H30N2O4S2/c1-17(2)28-20-11-9-18(10-12-20)6-3-13-23-22(25)19-7-4-14-24(16-19)30(26,27)21-8-5-15-29-21/h5,8-12,15,17,19H,3-4,6-7,13-14,16H2,1-2H3,(H,23,25)/t19-/m1/s1. The first-order chi connectivity index (χ1) is 14.4. The van der Waals surface area contributed by atoms with E-state index >= 15 is 0 Å². The molecule has 6 nitrogen and oxygen atoms in total. The number of hydrogen-bond acceptors (Lipinski definition) is 5. The summed E-state index contributed by atoms with van der Waals surface area (Å²) in [6.45, 7) is 5.31. The minimum Gasteiger partial charge on any atom is -0.491 e. The van der Waals surface area contributed by atoms with Crippen LogP contribution in [0.5, 0.6) is 5.75 Å². The van der Waals surface area contributed by atoms with Crippen LogP contribution in [0.25, 0.3) is 0 Å². The van der Waals surface area contributed by atoms with E-state index in [0.29, 0.717) is 23.7 Å². The maximum absolute atomic E-state index is 12.7. The highest BCUT2D eigenvalue weighted by atomic mass is 32.2. The third-order valence-corrected chi connectivity index (χ3v) is 8.32. The number of rotatable bonds is 9. The molecule has 3 rings (SSSR count). The quantitative estimate of drug-likeness (QED) is 0.591. The smallest absolute Gasteiger partial charge is 0.252 e. The van der Waals surface area contributed by atoms with Crippen LogP contribution in [0, 0.1) is 5.92 Å². The molecule has 2 heterocycles. The Hall–Kier alpha value is -1.90. The van der Waals surface area contributed by atoms with Crippen molar-refractivity contribution in [2.24, 2.45) is 5.92 Å². The van der Waals surface area contributed by atoms with Crippen molar-refractivity contribution in [3.05, 3.63) is 47.3 Å². The molecule has 1 aromatic heterocycles. The molecular formula is C22H30N2O4S2. The second kappa shape index (κ2) is 10.4. The zero-order valence-electron chi connectivity index (χ0n) is 17.5. The molecule has 1 N–H and O–H groups in total. The molecule has 2 aromatic rings. The third-order valence-electron chi connectivity index (χ3n) is 5.08. The fourth-order valence-electron chi connectivity index (χ4n) is 3.57. The first-order valence-corrected chi connectivity index (χ1v) is 12.7. The lowest BCUT2D eigenvalue weighted by Crippen LogP contribution is -2.45. The number of thiophene rings is 1.